The van der Waals surface area contributed by atoms with Crippen molar-refractivity contribution in [3.63, 3.8) is 0 Å². The number of anilines is 1. The number of amides is 4. The summed E-state index contributed by atoms with van der Waals surface area (Å²) in [4.78, 5) is 41.6. The molecule has 38 heavy (non-hydrogen) atoms. The molecule has 2 aliphatic rings. The molecule has 2 unspecified atom stereocenters. The number of hydrogen-bond acceptors (Lipinski definition) is 5. The Morgan fingerprint density at radius 1 is 1.00 bits per heavy atom. The van der Waals surface area contributed by atoms with Gasteiger partial charge >= 0.3 is 6.03 Å². The first-order chi connectivity index (χ1) is 18.5. The molecule has 1 heterocycles. The van der Waals surface area contributed by atoms with Crippen molar-refractivity contribution in [3.8, 4) is 5.75 Å². The third kappa shape index (κ3) is 5.40. The Morgan fingerprint density at radius 2 is 1.66 bits per heavy atom. The first kappa shape index (κ1) is 25.5. The Balaban J connectivity index is 1.40. The summed E-state index contributed by atoms with van der Waals surface area (Å²) in [5, 5.41) is 14.6. The van der Waals surface area contributed by atoms with Gasteiger partial charge in [-0.05, 0) is 59.7 Å². The molecule has 3 aromatic rings. The summed E-state index contributed by atoms with van der Waals surface area (Å²) in [7, 11) is 0. The summed E-state index contributed by atoms with van der Waals surface area (Å²) >= 11 is 0. The SMILES string of the molecule is CC(c1ccccc1)C(C(=O)Nc1ccc(C2CC2)cc1)N1C(=O)N[C@H](c2ccc(OCCO)cc2)C1=O. The quantitative estimate of drug-likeness (QED) is 0.350. The minimum atomic E-state index is -1.06. The van der Waals surface area contributed by atoms with Gasteiger partial charge in [0.15, 0.2) is 0 Å². The number of imide groups is 1. The number of nitrogens with one attached hydrogen (secondary N) is 2. The van der Waals surface area contributed by atoms with E-state index in [1.54, 1.807) is 24.3 Å². The Kier molecular flexibility index (Phi) is 7.42. The van der Waals surface area contributed by atoms with E-state index in [1.807, 2.05) is 61.5 Å². The van der Waals surface area contributed by atoms with Crippen LogP contribution in [0.15, 0.2) is 78.9 Å². The van der Waals surface area contributed by atoms with Gasteiger partial charge in [0.25, 0.3) is 5.91 Å². The summed E-state index contributed by atoms with van der Waals surface area (Å²) in [6, 6.07) is 21.3. The number of aliphatic hydroxyl groups is 1. The monoisotopic (exact) mass is 513 g/mol. The number of ether oxygens (including phenoxy) is 1. The Morgan fingerprint density at radius 3 is 2.29 bits per heavy atom. The van der Waals surface area contributed by atoms with Crippen LogP contribution in [0.1, 0.15) is 54.3 Å². The lowest BCUT2D eigenvalue weighted by atomic mass is 9.91. The lowest BCUT2D eigenvalue weighted by Gasteiger charge is -2.30. The smallest absolute Gasteiger partial charge is 0.325 e. The van der Waals surface area contributed by atoms with Gasteiger partial charge in [-0.1, -0.05) is 61.5 Å². The number of nitrogens with zero attached hydrogens (tertiary/aromatic N) is 1. The molecule has 3 atom stereocenters. The highest BCUT2D eigenvalue weighted by atomic mass is 16.5. The lowest BCUT2D eigenvalue weighted by Crippen LogP contribution is -2.50. The van der Waals surface area contributed by atoms with E-state index in [0.29, 0.717) is 22.9 Å². The number of benzene rings is 3. The van der Waals surface area contributed by atoms with Crippen LogP contribution in [0.3, 0.4) is 0 Å². The molecule has 2 fully saturated rings. The molecule has 0 spiro atoms. The predicted octanol–water partition coefficient (Wildman–Crippen LogP) is 4.34. The normalized spacial score (nSPS) is 18.6. The molecule has 3 aromatic carbocycles. The summed E-state index contributed by atoms with van der Waals surface area (Å²) in [5.41, 5.74) is 3.28. The molecule has 0 bridgehead atoms. The molecule has 8 heteroatoms. The highest BCUT2D eigenvalue weighted by Gasteiger charge is 2.47. The van der Waals surface area contributed by atoms with Gasteiger partial charge in [0, 0.05) is 11.6 Å². The topological polar surface area (TPSA) is 108 Å². The fourth-order valence-corrected chi connectivity index (χ4v) is 4.88. The molecule has 1 saturated heterocycles. The molecular formula is C30H31N3O5. The van der Waals surface area contributed by atoms with Gasteiger partial charge in [0.1, 0.15) is 24.4 Å². The van der Waals surface area contributed by atoms with Crippen LogP contribution in [0.4, 0.5) is 10.5 Å². The van der Waals surface area contributed by atoms with E-state index in [1.165, 1.54) is 18.4 Å². The third-order valence-corrected chi connectivity index (χ3v) is 7.12. The van der Waals surface area contributed by atoms with Gasteiger partial charge in [-0.15, -0.1) is 0 Å². The summed E-state index contributed by atoms with van der Waals surface area (Å²) < 4.78 is 5.39. The Hall–Kier alpha value is -4.17. The van der Waals surface area contributed by atoms with Crippen molar-refractivity contribution in [2.75, 3.05) is 18.5 Å². The molecule has 1 saturated carbocycles. The maximum absolute atomic E-state index is 13.7. The lowest BCUT2D eigenvalue weighted by molar-refractivity contribution is -0.134. The van der Waals surface area contributed by atoms with Crippen molar-refractivity contribution in [3.05, 3.63) is 95.6 Å². The minimum Gasteiger partial charge on any atom is -0.491 e. The second-order valence-electron chi connectivity index (χ2n) is 9.76. The van der Waals surface area contributed by atoms with Crippen molar-refractivity contribution in [1.29, 1.82) is 0 Å². The number of rotatable bonds is 10. The number of urea groups is 1. The molecule has 0 radical (unpaired) electrons. The minimum absolute atomic E-state index is 0.110. The molecule has 8 nitrogen and oxygen atoms in total. The second-order valence-corrected chi connectivity index (χ2v) is 9.76. The van der Waals surface area contributed by atoms with Crippen molar-refractivity contribution >= 4 is 23.5 Å². The Labute approximate surface area is 221 Å². The van der Waals surface area contributed by atoms with Crippen LogP contribution in [0.2, 0.25) is 0 Å². The predicted molar refractivity (Wildman–Crippen MR) is 143 cm³/mol. The zero-order valence-electron chi connectivity index (χ0n) is 21.2. The molecule has 4 amide bonds. The van der Waals surface area contributed by atoms with Crippen LogP contribution in [0, 0.1) is 0 Å². The van der Waals surface area contributed by atoms with E-state index in [2.05, 4.69) is 10.6 Å². The van der Waals surface area contributed by atoms with Crippen molar-refractivity contribution in [2.24, 2.45) is 0 Å². The van der Waals surface area contributed by atoms with Crippen LogP contribution in [0.25, 0.3) is 0 Å². The van der Waals surface area contributed by atoms with Crippen LogP contribution >= 0.6 is 0 Å². The van der Waals surface area contributed by atoms with Gasteiger partial charge in [-0.25, -0.2) is 9.69 Å². The fraction of sp³-hybridized carbons (Fsp3) is 0.300. The summed E-state index contributed by atoms with van der Waals surface area (Å²) in [6.45, 7) is 1.89. The average Bonchev–Trinajstić information content (AvgIpc) is 3.75. The summed E-state index contributed by atoms with van der Waals surface area (Å²) in [6.07, 6.45) is 2.38. The zero-order chi connectivity index (χ0) is 26.6. The largest absolute Gasteiger partial charge is 0.491 e. The highest BCUT2D eigenvalue weighted by Crippen LogP contribution is 2.40. The average molecular weight is 514 g/mol. The van der Waals surface area contributed by atoms with Gasteiger partial charge in [0.2, 0.25) is 5.91 Å². The van der Waals surface area contributed by atoms with Gasteiger partial charge in [-0.2, -0.15) is 0 Å². The molecule has 1 aliphatic carbocycles. The van der Waals surface area contributed by atoms with Crippen molar-refractivity contribution in [1.82, 2.24) is 10.2 Å². The maximum Gasteiger partial charge on any atom is 0.325 e. The molecular weight excluding hydrogens is 482 g/mol. The Bertz CT molecular complexity index is 1290. The molecule has 0 aromatic heterocycles. The first-order valence-electron chi connectivity index (χ1n) is 12.9. The van der Waals surface area contributed by atoms with Crippen molar-refractivity contribution < 1.29 is 24.2 Å². The highest BCUT2D eigenvalue weighted by molar-refractivity contribution is 6.09. The van der Waals surface area contributed by atoms with E-state index in [0.717, 1.165) is 10.5 Å². The standard InChI is InChI=1S/C30H31N3O5/c1-19(20-5-3-2-4-6-20)27(28(35)31-24-13-9-22(10-14-24)21-7-8-21)33-29(36)26(32-30(33)37)23-11-15-25(16-12-23)38-18-17-34/h2-6,9-16,19,21,26-27,34H,7-8,17-18H2,1H3,(H,31,35)(H,32,37)/t19?,26-,27?/m1/s1. The van der Waals surface area contributed by atoms with Crippen LogP contribution < -0.4 is 15.4 Å². The molecule has 196 valence electrons. The van der Waals surface area contributed by atoms with E-state index in [-0.39, 0.29) is 13.2 Å². The zero-order valence-corrected chi connectivity index (χ0v) is 21.2. The van der Waals surface area contributed by atoms with E-state index in [9.17, 15) is 14.4 Å². The third-order valence-electron chi connectivity index (χ3n) is 7.12. The van der Waals surface area contributed by atoms with E-state index < -0.39 is 35.8 Å². The molecule has 5 rings (SSSR count). The van der Waals surface area contributed by atoms with Crippen LogP contribution in [-0.4, -0.2) is 47.1 Å². The summed E-state index contributed by atoms with van der Waals surface area (Å²) in [5.74, 6) is -0.240. The molecule has 1 aliphatic heterocycles. The van der Waals surface area contributed by atoms with E-state index in [4.69, 9.17) is 9.84 Å². The number of aliphatic hydroxyl groups excluding tert-OH is 1. The first-order valence-corrected chi connectivity index (χ1v) is 12.9. The van der Waals surface area contributed by atoms with Crippen LogP contribution in [-0.2, 0) is 9.59 Å². The molecule has 3 N–H and O–H groups in total. The van der Waals surface area contributed by atoms with Gasteiger partial charge < -0.3 is 20.5 Å². The number of carbonyl (C=O) groups excluding carboxylic acids is 3. The number of carbonyl (C=O) groups is 3. The fourth-order valence-electron chi connectivity index (χ4n) is 4.88. The second kappa shape index (κ2) is 11.1. The van der Waals surface area contributed by atoms with E-state index >= 15 is 0 Å². The van der Waals surface area contributed by atoms with Crippen LogP contribution in [0.5, 0.6) is 5.75 Å². The van der Waals surface area contributed by atoms with Crippen molar-refractivity contribution in [2.45, 2.75) is 43.7 Å². The van der Waals surface area contributed by atoms with Gasteiger partial charge in [0.05, 0.1) is 6.61 Å². The van der Waals surface area contributed by atoms with Gasteiger partial charge in [-0.3, -0.25) is 9.59 Å². The maximum atomic E-state index is 13.7. The number of hydrogen-bond donors (Lipinski definition) is 3.